The Morgan fingerprint density at radius 3 is 2.95 bits per heavy atom. The van der Waals surface area contributed by atoms with Crippen LogP contribution in [-0.4, -0.2) is 59.7 Å². The van der Waals surface area contributed by atoms with Crippen molar-refractivity contribution in [1.82, 2.24) is 19.9 Å². The molecule has 0 saturated carbocycles. The molecule has 1 saturated heterocycles. The van der Waals surface area contributed by atoms with Crippen molar-refractivity contribution in [1.29, 1.82) is 0 Å². The lowest BCUT2D eigenvalue weighted by Crippen LogP contribution is -2.50. The predicted molar refractivity (Wildman–Crippen MR) is 78.4 cm³/mol. The van der Waals surface area contributed by atoms with Gasteiger partial charge in [-0.15, -0.1) is 0 Å². The van der Waals surface area contributed by atoms with E-state index in [0.29, 0.717) is 11.9 Å². The number of likely N-dealkylation sites (N-methyl/N-ethyl adjacent to an activating group) is 2. The van der Waals surface area contributed by atoms with Gasteiger partial charge in [-0.05, 0) is 20.5 Å². The molecule has 0 spiro atoms. The molecule has 1 aliphatic rings. The van der Waals surface area contributed by atoms with Gasteiger partial charge < -0.3 is 20.1 Å². The average molecular weight is 281 g/mol. The van der Waals surface area contributed by atoms with E-state index in [1.165, 1.54) is 0 Å². The number of nitrogens with zero attached hydrogens (tertiary/aromatic N) is 4. The quantitative estimate of drug-likeness (QED) is 0.840. The van der Waals surface area contributed by atoms with Gasteiger partial charge in [-0.25, -0.2) is 0 Å². The van der Waals surface area contributed by atoms with Gasteiger partial charge in [-0.2, -0.15) is 4.98 Å². The standard InChI is InChI=1S/C14H27N5O/c1-4-5-6-12(15)14-16-13(17-20-14)9-11-10-18(2)7-8-19(11)3/h11-12H,4-10,15H2,1-3H3. The Bertz CT molecular complexity index is 408. The van der Waals surface area contributed by atoms with Crippen molar-refractivity contribution in [3.63, 3.8) is 0 Å². The molecule has 0 radical (unpaired) electrons. The van der Waals surface area contributed by atoms with Crippen LogP contribution in [0.5, 0.6) is 0 Å². The highest BCUT2D eigenvalue weighted by Crippen LogP contribution is 2.16. The van der Waals surface area contributed by atoms with E-state index >= 15 is 0 Å². The lowest BCUT2D eigenvalue weighted by Gasteiger charge is -2.37. The molecule has 1 aliphatic heterocycles. The Balaban J connectivity index is 1.91. The van der Waals surface area contributed by atoms with Gasteiger partial charge in [0.1, 0.15) is 0 Å². The molecule has 20 heavy (non-hydrogen) atoms. The van der Waals surface area contributed by atoms with Crippen LogP contribution in [-0.2, 0) is 6.42 Å². The maximum absolute atomic E-state index is 6.06. The second kappa shape index (κ2) is 7.15. The normalized spacial score (nSPS) is 23.1. The molecule has 2 atom stereocenters. The van der Waals surface area contributed by atoms with Crippen LogP contribution in [0.4, 0.5) is 0 Å². The van der Waals surface area contributed by atoms with E-state index in [9.17, 15) is 0 Å². The molecule has 1 fully saturated rings. The highest BCUT2D eigenvalue weighted by molar-refractivity contribution is 4.95. The molecule has 0 amide bonds. The molecular weight excluding hydrogens is 254 g/mol. The molecule has 0 aliphatic carbocycles. The van der Waals surface area contributed by atoms with Gasteiger partial charge in [0.25, 0.3) is 0 Å². The van der Waals surface area contributed by atoms with Crippen LogP contribution in [0, 0.1) is 0 Å². The summed E-state index contributed by atoms with van der Waals surface area (Å²) in [5.41, 5.74) is 6.06. The Hall–Kier alpha value is -0.980. The van der Waals surface area contributed by atoms with Crippen LogP contribution in [0.3, 0.4) is 0 Å². The first-order valence-electron chi connectivity index (χ1n) is 7.57. The average Bonchev–Trinajstić information content (AvgIpc) is 2.89. The highest BCUT2D eigenvalue weighted by atomic mass is 16.5. The maximum atomic E-state index is 6.06. The van der Waals surface area contributed by atoms with Crippen LogP contribution in [0.2, 0.25) is 0 Å². The van der Waals surface area contributed by atoms with Crippen molar-refractivity contribution in [3.05, 3.63) is 11.7 Å². The minimum Gasteiger partial charge on any atom is -0.338 e. The highest BCUT2D eigenvalue weighted by Gasteiger charge is 2.24. The van der Waals surface area contributed by atoms with Crippen molar-refractivity contribution < 1.29 is 4.52 Å². The largest absolute Gasteiger partial charge is 0.338 e. The molecule has 114 valence electrons. The lowest BCUT2D eigenvalue weighted by molar-refractivity contribution is 0.113. The summed E-state index contributed by atoms with van der Waals surface area (Å²) in [6.07, 6.45) is 3.96. The van der Waals surface area contributed by atoms with Gasteiger partial charge in [0.15, 0.2) is 5.82 Å². The molecule has 0 bridgehead atoms. The molecule has 1 aromatic rings. The zero-order chi connectivity index (χ0) is 14.5. The number of hydrogen-bond donors (Lipinski definition) is 1. The van der Waals surface area contributed by atoms with Gasteiger partial charge in [0.05, 0.1) is 6.04 Å². The summed E-state index contributed by atoms with van der Waals surface area (Å²) in [6, 6.07) is 0.328. The monoisotopic (exact) mass is 281 g/mol. The molecule has 6 heteroatoms. The third-order valence-corrected chi connectivity index (χ3v) is 4.07. The summed E-state index contributed by atoms with van der Waals surface area (Å²) in [7, 11) is 4.31. The van der Waals surface area contributed by atoms with E-state index < -0.39 is 0 Å². The van der Waals surface area contributed by atoms with Crippen LogP contribution in [0.15, 0.2) is 4.52 Å². The molecule has 0 aromatic carbocycles. The summed E-state index contributed by atoms with van der Waals surface area (Å²) in [6.45, 7) is 5.40. The minimum absolute atomic E-state index is 0.122. The van der Waals surface area contributed by atoms with Crippen LogP contribution in [0.1, 0.15) is 43.9 Å². The van der Waals surface area contributed by atoms with E-state index in [-0.39, 0.29) is 6.04 Å². The number of nitrogens with two attached hydrogens (primary N) is 1. The van der Waals surface area contributed by atoms with Gasteiger partial charge >= 0.3 is 0 Å². The third-order valence-electron chi connectivity index (χ3n) is 4.07. The fourth-order valence-electron chi connectivity index (χ4n) is 2.58. The molecule has 6 nitrogen and oxygen atoms in total. The number of unbranched alkanes of at least 4 members (excludes halogenated alkanes) is 1. The zero-order valence-electron chi connectivity index (χ0n) is 12.9. The van der Waals surface area contributed by atoms with Crippen LogP contribution < -0.4 is 5.73 Å². The maximum Gasteiger partial charge on any atom is 0.243 e. The summed E-state index contributed by atoms with van der Waals surface area (Å²) in [5, 5.41) is 4.09. The van der Waals surface area contributed by atoms with Crippen molar-refractivity contribution in [3.8, 4) is 0 Å². The third kappa shape index (κ3) is 4.01. The smallest absolute Gasteiger partial charge is 0.243 e. The summed E-state index contributed by atoms with van der Waals surface area (Å²) >= 11 is 0. The number of piperazine rings is 1. The number of aromatic nitrogens is 2. The summed E-state index contributed by atoms with van der Waals surface area (Å²) < 4.78 is 5.31. The SMILES string of the molecule is CCCCC(N)c1nc(CC2CN(C)CCN2C)no1. The Morgan fingerprint density at radius 1 is 1.40 bits per heavy atom. The Labute approximate surface area is 121 Å². The van der Waals surface area contributed by atoms with Gasteiger partial charge in [0.2, 0.25) is 5.89 Å². The molecule has 2 unspecified atom stereocenters. The molecule has 1 aromatic heterocycles. The van der Waals surface area contributed by atoms with Gasteiger partial charge in [-0.1, -0.05) is 24.9 Å². The van der Waals surface area contributed by atoms with E-state index in [1.54, 1.807) is 0 Å². The van der Waals surface area contributed by atoms with E-state index in [4.69, 9.17) is 10.3 Å². The summed E-state index contributed by atoms with van der Waals surface area (Å²) in [4.78, 5) is 9.18. The molecule has 2 rings (SSSR count). The van der Waals surface area contributed by atoms with E-state index in [1.807, 2.05) is 0 Å². The molecular formula is C14H27N5O. The van der Waals surface area contributed by atoms with Crippen molar-refractivity contribution >= 4 is 0 Å². The predicted octanol–water partition coefficient (Wildman–Crippen LogP) is 1.05. The van der Waals surface area contributed by atoms with Crippen molar-refractivity contribution in [2.45, 2.75) is 44.7 Å². The molecule has 2 heterocycles. The topological polar surface area (TPSA) is 71.4 Å². The second-order valence-electron chi connectivity index (χ2n) is 5.90. The van der Waals surface area contributed by atoms with Crippen molar-refractivity contribution in [2.75, 3.05) is 33.7 Å². The number of hydrogen-bond acceptors (Lipinski definition) is 6. The van der Waals surface area contributed by atoms with Gasteiger partial charge in [-0.3, -0.25) is 0 Å². The first-order chi connectivity index (χ1) is 9.60. The van der Waals surface area contributed by atoms with E-state index in [0.717, 1.165) is 51.1 Å². The van der Waals surface area contributed by atoms with E-state index in [2.05, 4.69) is 41.0 Å². The Kier molecular flexibility index (Phi) is 5.51. The van der Waals surface area contributed by atoms with Crippen molar-refractivity contribution in [2.24, 2.45) is 5.73 Å². The van der Waals surface area contributed by atoms with Gasteiger partial charge in [0, 0.05) is 32.1 Å². The Morgan fingerprint density at radius 2 is 2.20 bits per heavy atom. The zero-order valence-corrected chi connectivity index (χ0v) is 12.9. The first-order valence-corrected chi connectivity index (χ1v) is 7.57. The summed E-state index contributed by atoms with van der Waals surface area (Å²) in [5.74, 6) is 1.36. The second-order valence-corrected chi connectivity index (χ2v) is 5.90. The van der Waals surface area contributed by atoms with Crippen LogP contribution in [0.25, 0.3) is 0 Å². The fourth-order valence-corrected chi connectivity index (χ4v) is 2.58. The first kappa shape index (κ1) is 15.4. The fraction of sp³-hybridized carbons (Fsp3) is 0.857. The lowest BCUT2D eigenvalue weighted by atomic mass is 10.1. The minimum atomic E-state index is -0.122. The number of rotatable bonds is 6. The van der Waals surface area contributed by atoms with Crippen LogP contribution >= 0.6 is 0 Å². The molecule has 2 N–H and O–H groups in total.